The second-order valence-electron chi connectivity index (χ2n) is 7.20. The number of carbonyl (C=O) groups is 1. The summed E-state index contributed by atoms with van der Waals surface area (Å²) >= 11 is 0. The fourth-order valence-electron chi connectivity index (χ4n) is 3.62. The summed E-state index contributed by atoms with van der Waals surface area (Å²) in [7, 11) is 0. The van der Waals surface area contributed by atoms with Crippen molar-refractivity contribution in [3.05, 3.63) is 69.9 Å². The number of nitrogens with zero attached hydrogens (tertiary/aromatic N) is 4. The van der Waals surface area contributed by atoms with Gasteiger partial charge in [-0.2, -0.15) is 5.10 Å². The highest BCUT2D eigenvalue weighted by Crippen LogP contribution is 2.10. The average Bonchev–Trinajstić information content (AvgIpc) is 3.22. The highest BCUT2D eigenvalue weighted by atomic mass is 16.5. The number of pyridine rings is 2. The smallest absolute Gasteiger partial charge is 0.263 e. The lowest BCUT2D eigenvalue weighted by molar-refractivity contribution is 0.0362. The molecule has 152 valence electrons. The first-order valence-corrected chi connectivity index (χ1v) is 9.83. The summed E-state index contributed by atoms with van der Waals surface area (Å²) < 4.78 is 8.74. The van der Waals surface area contributed by atoms with Crippen LogP contribution in [0.2, 0.25) is 0 Å². The molecule has 0 radical (unpaired) electrons. The Hall–Kier alpha value is -2.97. The van der Waals surface area contributed by atoms with Crippen molar-refractivity contribution in [1.29, 1.82) is 0 Å². The van der Waals surface area contributed by atoms with E-state index in [0.717, 1.165) is 43.9 Å². The van der Waals surface area contributed by atoms with Crippen LogP contribution in [-0.4, -0.2) is 57.8 Å². The summed E-state index contributed by atoms with van der Waals surface area (Å²) in [5.41, 5.74) is 2.51. The first kappa shape index (κ1) is 19.4. The summed E-state index contributed by atoms with van der Waals surface area (Å²) in [5.74, 6) is -0.352. The Kier molecular flexibility index (Phi) is 5.73. The van der Waals surface area contributed by atoms with Crippen LogP contribution >= 0.6 is 0 Å². The summed E-state index contributed by atoms with van der Waals surface area (Å²) in [6, 6.07) is 7.55. The van der Waals surface area contributed by atoms with E-state index >= 15 is 0 Å². The number of fused-ring (bicyclic) bond motifs is 1. The molecule has 29 heavy (non-hydrogen) atoms. The number of morpholine rings is 1. The van der Waals surface area contributed by atoms with Crippen LogP contribution in [0.15, 0.2) is 47.7 Å². The van der Waals surface area contributed by atoms with Crippen molar-refractivity contribution < 1.29 is 9.53 Å². The monoisotopic (exact) mass is 395 g/mol. The van der Waals surface area contributed by atoms with Gasteiger partial charge in [-0.25, -0.2) is 4.52 Å². The largest absolute Gasteiger partial charge is 0.379 e. The van der Waals surface area contributed by atoms with Crippen LogP contribution in [0, 0.1) is 6.92 Å². The van der Waals surface area contributed by atoms with E-state index in [-0.39, 0.29) is 17.0 Å². The number of aromatic nitrogens is 3. The van der Waals surface area contributed by atoms with E-state index in [1.807, 2.05) is 30.5 Å². The normalized spacial score (nSPS) is 14.9. The van der Waals surface area contributed by atoms with E-state index in [4.69, 9.17) is 4.74 Å². The highest BCUT2D eigenvalue weighted by molar-refractivity contribution is 5.95. The van der Waals surface area contributed by atoms with Crippen LogP contribution in [0.1, 0.15) is 21.5 Å². The van der Waals surface area contributed by atoms with Crippen LogP contribution in [-0.2, 0) is 17.8 Å². The van der Waals surface area contributed by atoms with Gasteiger partial charge in [0.1, 0.15) is 5.56 Å². The van der Waals surface area contributed by atoms with Gasteiger partial charge in [-0.05, 0) is 36.2 Å². The summed E-state index contributed by atoms with van der Waals surface area (Å²) in [4.78, 5) is 28.0. The zero-order valence-electron chi connectivity index (χ0n) is 16.5. The molecule has 1 fully saturated rings. The Morgan fingerprint density at radius 1 is 1.17 bits per heavy atom. The number of aryl methyl sites for hydroxylation is 1. The number of amides is 1. The Morgan fingerprint density at radius 2 is 2.00 bits per heavy atom. The fourth-order valence-corrected chi connectivity index (χ4v) is 3.62. The van der Waals surface area contributed by atoms with Crippen LogP contribution in [0.25, 0.3) is 5.52 Å². The van der Waals surface area contributed by atoms with Crippen LogP contribution in [0.5, 0.6) is 0 Å². The van der Waals surface area contributed by atoms with E-state index in [2.05, 4.69) is 15.3 Å². The molecule has 4 rings (SSSR count). The molecule has 8 nitrogen and oxygen atoms in total. The number of hydrogen-bond donors (Lipinski definition) is 1. The topological polar surface area (TPSA) is 80.9 Å². The maximum absolute atomic E-state index is 12.9. The van der Waals surface area contributed by atoms with E-state index in [1.165, 1.54) is 0 Å². The molecule has 1 saturated heterocycles. The van der Waals surface area contributed by atoms with Crippen LogP contribution in [0.4, 0.5) is 0 Å². The first-order chi connectivity index (χ1) is 14.1. The van der Waals surface area contributed by atoms with Crippen molar-refractivity contribution in [1.82, 2.24) is 24.4 Å². The lowest BCUT2D eigenvalue weighted by atomic mass is 10.1. The predicted octanol–water partition coefficient (Wildman–Crippen LogP) is 1.07. The molecular formula is C21H25N5O3. The Balaban J connectivity index is 1.47. The molecule has 0 unspecified atom stereocenters. The molecular weight excluding hydrogens is 370 g/mol. The molecule has 3 aromatic rings. The van der Waals surface area contributed by atoms with Gasteiger partial charge in [-0.3, -0.25) is 14.5 Å². The summed E-state index contributed by atoms with van der Waals surface area (Å²) in [6.07, 6.45) is 5.34. The molecule has 3 aromatic heterocycles. The van der Waals surface area contributed by atoms with Gasteiger partial charge in [0.25, 0.3) is 11.5 Å². The van der Waals surface area contributed by atoms with Crippen molar-refractivity contribution in [3.63, 3.8) is 0 Å². The van der Waals surface area contributed by atoms with Gasteiger partial charge in [-0.15, -0.1) is 0 Å². The lowest BCUT2D eigenvalue weighted by Crippen LogP contribution is -2.40. The third kappa shape index (κ3) is 4.23. The zero-order chi connectivity index (χ0) is 20.2. The zero-order valence-corrected chi connectivity index (χ0v) is 16.5. The molecule has 1 N–H and O–H groups in total. The minimum Gasteiger partial charge on any atom is -0.379 e. The van der Waals surface area contributed by atoms with Crippen molar-refractivity contribution >= 4 is 11.4 Å². The number of nitrogens with one attached hydrogen (secondary N) is 1. The Morgan fingerprint density at radius 3 is 2.83 bits per heavy atom. The average molecular weight is 395 g/mol. The molecule has 0 aromatic carbocycles. The van der Waals surface area contributed by atoms with Crippen molar-refractivity contribution in [2.24, 2.45) is 0 Å². The van der Waals surface area contributed by atoms with E-state index in [1.54, 1.807) is 28.4 Å². The minimum atomic E-state index is -0.352. The molecule has 1 aliphatic rings. The SMILES string of the molecule is Cc1ccn(CCN2CCOCC2)c(=O)c1C(=O)NCc1cccn2nccc12. The molecule has 0 bridgehead atoms. The van der Waals surface area contributed by atoms with Crippen molar-refractivity contribution in [2.45, 2.75) is 20.0 Å². The predicted molar refractivity (Wildman–Crippen MR) is 109 cm³/mol. The molecule has 0 saturated carbocycles. The van der Waals surface area contributed by atoms with Gasteiger partial charge < -0.3 is 14.6 Å². The van der Waals surface area contributed by atoms with Gasteiger partial charge >= 0.3 is 0 Å². The first-order valence-electron chi connectivity index (χ1n) is 9.83. The third-order valence-electron chi connectivity index (χ3n) is 5.32. The minimum absolute atomic E-state index is 0.204. The number of rotatable bonds is 6. The second kappa shape index (κ2) is 8.59. The Labute approximate surface area is 168 Å². The van der Waals surface area contributed by atoms with Crippen molar-refractivity contribution in [2.75, 3.05) is 32.8 Å². The maximum atomic E-state index is 12.9. The molecule has 0 atom stereocenters. The molecule has 0 aliphatic carbocycles. The quantitative estimate of drug-likeness (QED) is 0.675. The standard InChI is InChI=1S/C21H25N5O3/c1-16-5-8-25(10-9-24-11-13-29-14-12-24)21(28)19(16)20(27)22-15-17-3-2-7-26-18(17)4-6-23-26/h2-8H,9-15H2,1H3,(H,22,27). The van der Waals surface area contributed by atoms with Crippen molar-refractivity contribution in [3.8, 4) is 0 Å². The maximum Gasteiger partial charge on any atom is 0.263 e. The number of hydrogen-bond acceptors (Lipinski definition) is 5. The number of carbonyl (C=O) groups excluding carboxylic acids is 1. The highest BCUT2D eigenvalue weighted by Gasteiger charge is 2.17. The van der Waals surface area contributed by atoms with Crippen LogP contribution < -0.4 is 10.9 Å². The van der Waals surface area contributed by atoms with Gasteiger partial charge in [0.2, 0.25) is 0 Å². The molecule has 8 heteroatoms. The van der Waals surface area contributed by atoms with Gasteiger partial charge in [0.15, 0.2) is 0 Å². The van der Waals surface area contributed by atoms with Crippen LogP contribution in [0.3, 0.4) is 0 Å². The molecule has 1 aliphatic heterocycles. The van der Waals surface area contributed by atoms with E-state index < -0.39 is 0 Å². The molecule has 4 heterocycles. The third-order valence-corrected chi connectivity index (χ3v) is 5.32. The fraction of sp³-hybridized carbons (Fsp3) is 0.381. The van der Waals surface area contributed by atoms with Gasteiger partial charge in [0, 0.05) is 51.3 Å². The van der Waals surface area contributed by atoms with E-state index in [9.17, 15) is 9.59 Å². The second-order valence-corrected chi connectivity index (χ2v) is 7.20. The lowest BCUT2D eigenvalue weighted by Gasteiger charge is -2.26. The summed E-state index contributed by atoms with van der Waals surface area (Å²) in [5, 5.41) is 7.09. The van der Waals surface area contributed by atoms with Gasteiger partial charge in [-0.1, -0.05) is 6.07 Å². The van der Waals surface area contributed by atoms with E-state index in [0.29, 0.717) is 18.7 Å². The summed E-state index contributed by atoms with van der Waals surface area (Å²) in [6.45, 7) is 6.62. The van der Waals surface area contributed by atoms with Gasteiger partial charge in [0.05, 0.1) is 18.7 Å². The molecule has 0 spiro atoms. The molecule has 1 amide bonds. The number of ether oxygens (including phenoxy) is 1. The Bertz CT molecular complexity index is 1070.